The van der Waals surface area contributed by atoms with Crippen molar-refractivity contribution in [1.82, 2.24) is 4.98 Å². The molecule has 5 heteroatoms. The average Bonchev–Trinajstić information content (AvgIpc) is 2.71. The Hall–Kier alpha value is -1.10. The smallest absolute Gasteiger partial charge is 0.169 e. The first-order valence-electron chi connectivity index (χ1n) is 4.63. The summed E-state index contributed by atoms with van der Waals surface area (Å²) in [6.45, 7) is 2.05. The topological polar surface area (TPSA) is 50.3 Å². The number of pyridine rings is 1. The Morgan fingerprint density at radius 2 is 1.93 bits per heavy atom. The van der Waals surface area contributed by atoms with Crippen LogP contribution >= 0.6 is 0 Å². The molecule has 0 radical (unpaired) electrons. The van der Waals surface area contributed by atoms with Crippen LogP contribution in [0, 0.1) is 0 Å². The van der Waals surface area contributed by atoms with E-state index in [1.54, 1.807) is 12.1 Å². The number of rotatable bonds is 2. The highest BCUT2D eigenvalue weighted by atomic mass is 32.2. The normalized spacial score (nSPS) is 16.5. The molecule has 0 unspecified atom stereocenters. The fourth-order valence-corrected chi connectivity index (χ4v) is 1.97. The van der Waals surface area contributed by atoms with Crippen LogP contribution in [-0.2, 0) is 10.7 Å². The Bertz CT molecular complexity index is 372. The molecule has 0 aromatic carbocycles. The maximum Gasteiger partial charge on any atom is 0.169 e. The zero-order valence-electron chi connectivity index (χ0n) is 7.72. The van der Waals surface area contributed by atoms with Gasteiger partial charge in [0.05, 0.1) is 4.90 Å². The van der Waals surface area contributed by atoms with Crippen molar-refractivity contribution in [3.63, 3.8) is 0 Å². The highest BCUT2D eigenvalue weighted by Gasteiger charge is 2.12. The molecule has 0 spiro atoms. The van der Waals surface area contributed by atoms with E-state index in [4.69, 9.17) is 0 Å². The molecular formula is C9H12N2O2S. The van der Waals surface area contributed by atoms with Crippen molar-refractivity contribution in [2.75, 3.05) is 18.0 Å². The molecule has 14 heavy (non-hydrogen) atoms. The first-order chi connectivity index (χ1) is 6.77. The van der Waals surface area contributed by atoms with Gasteiger partial charge in [-0.1, -0.05) is 0 Å². The molecule has 1 fully saturated rings. The van der Waals surface area contributed by atoms with Crippen LogP contribution < -0.4 is 4.90 Å². The molecule has 76 valence electrons. The summed E-state index contributed by atoms with van der Waals surface area (Å²) in [6, 6.07) is 3.37. The van der Waals surface area contributed by atoms with Gasteiger partial charge < -0.3 is 4.90 Å². The lowest BCUT2D eigenvalue weighted by atomic mass is 10.4. The summed E-state index contributed by atoms with van der Waals surface area (Å²) in [5.41, 5.74) is 0. The Balaban J connectivity index is 2.20. The monoisotopic (exact) mass is 212 g/mol. The van der Waals surface area contributed by atoms with Crippen LogP contribution in [0.3, 0.4) is 0 Å². The summed E-state index contributed by atoms with van der Waals surface area (Å²) in [5.74, 6) is 0.878. The Morgan fingerprint density at radius 3 is 2.43 bits per heavy atom. The van der Waals surface area contributed by atoms with E-state index in [9.17, 15) is 8.42 Å². The van der Waals surface area contributed by atoms with E-state index in [0.717, 1.165) is 18.9 Å². The van der Waals surface area contributed by atoms with Crippen LogP contribution in [0.5, 0.6) is 0 Å². The fourth-order valence-electron chi connectivity index (χ4n) is 1.62. The average molecular weight is 212 g/mol. The van der Waals surface area contributed by atoms with Crippen LogP contribution in [0.15, 0.2) is 23.2 Å². The Kier molecular flexibility index (Phi) is 2.67. The van der Waals surface area contributed by atoms with Crippen molar-refractivity contribution < 1.29 is 8.42 Å². The second-order valence-corrected chi connectivity index (χ2v) is 4.36. The van der Waals surface area contributed by atoms with E-state index >= 15 is 0 Å². The van der Waals surface area contributed by atoms with Gasteiger partial charge in [0.2, 0.25) is 0 Å². The lowest BCUT2D eigenvalue weighted by Crippen LogP contribution is -2.18. The summed E-state index contributed by atoms with van der Waals surface area (Å²) < 4.78 is 21.2. The SMILES string of the molecule is O=[SH](=O)c1ccc(N2CCCC2)nc1. The van der Waals surface area contributed by atoms with Gasteiger partial charge in [0.15, 0.2) is 10.7 Å². The maximum atomic E-state index is 10.6. The van der Waals surface area contributed by atoms with Crippen molar-refractivity contribution in [3.8, 4) is 0 Å². The molecule has 2 rings (SSSR count). The van der Waals surface area contributed by atoms with E-state index in [0.29, 0.717) is 0 Å². The zero-order chi connectivity index (χ0) is 9.97. The summed E-state index contributed by atoms with van der Waals surface area (Å²) in [5, 5.41) is 0. The highest BCUT2D eigenvalue weighted by Crippen LogP contribution is 2.17. The fraction of sp³-hybridized carbons (Fsp3) is 0.444. The van der Waals surface area contributed by atoms with Crippen molar-refractivity contribution >= 4 is 16.5 Å². The number of hydrogen-bond acceptors (Lipinski definition) is 4. The van der Waals surface area contributed by atoms with E-state index in [2.05, 4.69) is 9.88 Å². The largest absolute Gasteiger partial charge is 0.357 e. The van der Waals surface area contributed by atoms with Crippen LogP contribution in [0.1, 0.15) is 12.8 Å². The third-order valence-corrected chi connectivity index (χ3v) is 3.06. The number of nitrogens with zero attached hydrogens (tertiary/aromatic N) is 2. The molecule has 0 N–H and O–H groups in total. The number of thiol groups is 1. The number of anilines is 1. The van der Waals surface area contributed by atoms with Gasteiger partial charge in [0.1, 0.15) is 5.82 Å². The standard InChI is InChI=1S/C9H12N2O2S/c12-14(13)8-3-4-9(10-7-8)11-5-1-2-6-11/h3-4,7,14H,1-2,5-6H2. The predicted molar refractivity (Wildman–Crippen MR) is 54.3 cm³/mol. The second-order valence-electron chi connectivity index (χ2n) is 3.33. The molecule has 0 amide bonds. The zero-order valence-corrected chi connectivity index (χ0v) is 8.61. The Morgan fingerprint density at radius 1 is 1.21 bits per heavy atom. The van der Waals surface area contributed by atoms with Gasteiger partial charge in [-0.15, -0.1) is 0 Å². The second kappa shape index (κ2) is 3.96. The van der Waals surface area contributed by atoms with Crippen LogP contribution in [0.2, 0.25) is 0 Å². The van der Waals surface area contributed by atoms with Gasteiger partial charge in [0.25, 0.3) is 0 Å². The molecule has 1 aromatic rings. The summed E-state index contributed by atoms with van der Waals surface area (Å²) >= 11 is 0. The van der Waals surface area contributed by atoms with E-state index in [1.807, 2.05) is 0 Å². The van der Waals surface area contributed by atoms with Crippen molar-refractivity contribution in [3.05, 3.63) is 18.3 Å². The Labute approximate surface area is 84.5 Å². The molecule has 1 saturated heterocycles. The third kappa shape index (κ3) is 1.87. The minimum absolute atomic E-state index is 0.281. The van der Waals surface area contributed by atoms with Crippen molar-refractivity contribution in [2.24, 2.45) is 0 Å². The minimum atomic E-state index is -2.50. The van der Waals surface area contributed by atoms with Gasteiger partial charge in [-0.3, -0.25) is 0 Å². The third-order valence-electron chi connectivity index (χ3n) is 2.37. The van der Waals surface area contributed by atoms with Crippen LogP contribution in [0.25, 0.3) is 0 Å². The predicted octanol–water partition coefficient (Wildman–Crippen LogP) is 0.652. The number of hydrogen-bond donors (Lipinski definition) is 1. The van der Waals surface area contributed by atoms with Gasteiger partial charge >= 0.3 is 0 Å². The van der Waals surface area contributed by atoms with Gasteiger partial charge in [0, 0.05) is 19.3 Å². The first kappa shape index (κ1) is 9.45. The maximum absolute atomic E-state index is 10.6. The summed E-state index contributed by atoms with van der Waals surface area (Å²) in [7, 11) is -2.50. The van der Waals surface area contributed by atoms with E-state index in [-0.39, 0.29) is 4.90 Å². The van der Waals surface area contributed by atoms with Gasteiger partial charge in [-0.25, -0.2) is 13.4 Å². The molecule has 0 atom stereocenters. The van der Waals surface area contributed by atoms with E-state index < -0.39 is 10.7 Å². The highest BCUT2D eigenvalue weighted by molar-refractivity contribution is 7.72. The van der Waals surface area contributed by atoms with Crippen LogP contribution in [0.4, 0.5) is 5.82 Å². The van der Waals surface area contributed by atoms with Gasteiger partial charge in [-0.05, 0) is 25.0 Å². The molecule has 1 aliphatic rings. The molecule has 0 saturated carbocycles. The van der Waals surface area contributed by atoms with E-state index in [1.165, 1.54) is 19.0 Å². The summed E-state index contributed by atoms with van der Waals surface area (Å²) in [4.78, 5) is 6.57. The summed E-state index contributed by atoms with van der Waals surface area (Å²) in [6.07, 6.45) is 3.80. The quantitative estimate of drug-likeness (QED) is 0.731. The molecule has 2 heterocycles. The molecule has 0 bridgehead atoms. The van der Waals surface area contributed by atoms with Crippen molar-refractivity contribution in [1.29, 1.82) is 0 Å². The molecule has 4 nitrogen and oxygen atoms in total. The molecule has 0 aliphatic carbocycles. The van der Waals surface area contributed by atoms with Crippen molar-refractivity contribution in [2.45, 2.75) is 17.7 Å². The minimum Gasteiger partial charge on any atom is -0.357 e. The van der Waals surface area contributed by atoms with Crippen LogP contribution in [-0.4, -0.2) is 26.5 Å². The number of aromatic nitrogens is 1. The first-order valence-corrected chi connectivity index (χ1v) is 5.80. The lowest BCUT2D eigenvalue weighted by molar-refractivity contribution is 0.614. The molecule has 1 aromatic heterocycles. The molecule has 1 aliphatic heterocycles. The van der Waals surface area contributed by atoms with Gasteiger partial charge in [-0.2, -0.15) is 0 Å². The molecular weight excluding hydrogens is 200 g/mol. The lowest BCUT2D eigenvalue weighted by Gasteiger charge is -2.15.